The third kappa shape index (κ3) is 5.16. The number of rotatable bonds is 8. The average molecular weight is 346 g/mol. The number of hydrogen-bond acceptors (Lipinski definition) is 4. The summed E-state index contributed by atoms with van der Waals surface area (Å²) in [4.78, 5) is 11.5. The second-order valence-corrected chi connectivity index (χ2v) is 7.16. The summed E-state index contributed by atoms with van der Waals surface area (Å²) in [6.45, 7) is 8.40. The Morgan fingerprint density at radius 3 is 2.84 bits per heavy atom. The maximum Gasteiger partial charge on any atom is 0.338 e. The van der Waals surface area contributed by atoms with E-state index in [4.69, 9.17) is 9.47 Å². The van der Waals surface area contributed by atoms with Gasteiger partial charge in [0.05, 0.1) is 0 Å². The fourth-order valence-corrected chi connectivity index (χ4v) is 2.79. The number of aliphatic hydroxyl groups excluding tert-OH is 1. The summed E-state index contributed by atoms with van der Waals surface area (Å²) < 4.78 is 10.7. The van der Waals surface area contributed by atoms with E-state index in [1.807, 2.05) is 25.2 Å². The number of esters is 1. The van der Waals surface area contributed by atoms with Gasteiger partial charge in [-0.15, -0.1) is 0 Å². The van der Waals surface area contributed by atoms with Gasteiger partial charge in [-0.25, -0.2) is 4.79 Å². The Labute approximate surface area is 150 Å². The minimum absolute atomic E-state index is 0.439. The van der Waals surface area contributed by atoms with Gasteiger partial charge in [-0.05, 0) is 38.7 Å². The molecule has 0 radical (unpaired) electrons. The number of carbonyl (C=O) groups excluding carboxylic acids is 1. The monoisotopic (exact) mass is 346 g/mol. The predicted molar refractivity (Wildman–Crippen MR) is 99.0 cm³/mol. The molecule has 0 amide bonds. The Balaban J connectivity index is 1.73. The largest absolute Gasteiger partial charge is 0.453 e. The van der Waals surface area contributed by atoms with Crippen molar-refractivity contribution >= 4 is 5.97 Å². The first-order chi connectivity index (χ1) is 11.9. The third-order valence-corrected chi connectivity index (χ3v) is 4.93. The average Bonchev–Trinajstić information content (AvgIpc) is 3.28. The molecule has 25 heavy (non-hydrogen) atoms. The molecule has 4 nitrogen and oxygen atoms in total. The van der Waals surface area contributed by atoms with Gasteiger partial charge in [0.25, 0.3) is 0 Å². The van der Waals surface area contributed by atoms with Gasteiger partial charge in [0.1, 0.15) is 11.7 Å². The van der Waals surface area contributed by atoms with Gasteiger partial charge in [-0.2, -0.15) is 0 Å². The van der Waals surface area contributed by atoms with Gasteiger partial charge in [0, 0.05) is 0 Å². The van der Waals surface area contributed by atoms with Crippen LogP contribution in [0.25, 0.3) is 0 Å². The van der Waals surface area contributed by atoms with Crippen LogP contribution in [0, 0.1) is 5.92 Å². The van der Waals surface area contributed by atoms with Crippen LogP contribution in [0.5, 0.6) is 0 Å². The summed E-state index contributed by atoms with van der Waals surface area (Å²) in [6, 6.07) is 0. The zero-order chi connectivity index (χ0) is 18.4. The summed E-state index contributed by atoms with van der Waals surface area (Å²) in [5.74, 6) is 0.0193. The Hall–Kier alpha value is -1.65. The van der Waals surface area contributed by atoms with Crippen LogP contribution in [0.15, 0.2) is 48.1 Å². The molecular formula is C21H30O4. The number of carbonyl (C=O) groups is 1. The van der Waals surface area contributed by atoms with Gasteiger partial charge in [0.15, 0.2) is 12.2 Å². The summed E-state index contributed by atoms with van der Waals surface area (Å²) in [5, 5.41) is 9.62. The SMILES string of the molecule is CCC(C)/C=C/C=C(\C)CC/C=C/C=C/C1OC(=O)C(O)C2OC12C. The van der Waals surface area contributed by atoms with Crippen molar-refractivity contribution in [1.29, 1.82) is 0 Å². The molecule has 138 valence electrons. The number of fused-ring (bicyclic) bond motifs is 1. The fraction of sp³-hybridized carbons (Fsp3) is 0.571. The lowest BCUT2D eigenvalue weighted by molar-refractivity contribution is -0.162. The van der Waals surface area contributed by atoms with E-state index in [0.29, 0.717) is 5.92 Å². The molecule has 2 saturated heterocycles. The van der Waals surface area contributed by atoms with Gasteiger partial charge in [-0.1, -0.05) is 62.3 Å². The molecule has 0 aliphatic carbocycles. The van der Waals surface area contributed by atoms with Crippen molar-refractivity contribution in [2.75, 3.05) is 0 Å². The van der Waals surface area contributed by atoms with E-state index in [9.17, 15) is 9.90 Å². The first-order valence-electron chi connectivity index (χ1n) is 9.12. The highest BCUT2D eigenvalue weighted by Gasteiger charge is 2.67. The van der Waals surface area contributed by atoms with Crippen LogP contribution in [0.1, 0.15) is 47.0 Å². The first-order valence-corrected chi connectivity index (χ1v) is 9.12. The summed E-state index contributed by atoms with van der Waals surface area (Å²) in [7, 11) is 0. The Kier molecular flexibility index (Phi) is 6.79. The van der Waals surface area contributed by atoms with Crippen LogP contribution in [0.4, 0.5) is 0 Å². The molecule has 0 aromatic rings. The van der Waals surface area contributed by atoms with Crippen LogP contribution in [-0.4, -0.2) is 35.0 Å². The van der Waals surface area contributed by atoms with E-state index in [0.717, 1.165) is 12.8 Å². The van der Waals surface area contributed by atoms with E-state index < -0.39 is 29.9 Å². The van der Waals surface area contributed by atoms with Crippen molar-refractivity contribution < 1.29 is 19.4 Å². The summed E-state index contributed by atoms with van der Waals surface area (Å²) in [5.41, 5.74) is 0.768. The van der Waals surface area contributed by atoms with E-state index in [1.165, 1.54) is 12.0 Å². The molecule has 2 fully saturated rings. The number of allylic oxidation sites excluding steroid dienone is 7. The van der Waals surface area contributed by atoms with Crippen LogP contribution < -0.4 is 0 Å². The molecular weight excluding hydrogens is 316 g/mol. The Morgan fingerprint density at radius 1 is 1.36 bits per heavy atom. The fourth-order valence-electron chi connectivity index (χ4n) is 2.79. The molecule has 4 heteroatoms. The second-order valence-electron chi connectivity index (χ2n) is 7.16. The minimum Gasteiger partial charge on any atom is -0.453 e. The molecule has 0 spiro atoms. The van der Waals surface area contributed by atoms with Gasteiger partial charge >= 0.3 is 5.97 Å². The third-order valence-electron chi connectivity index (χ3n) is 4.93. The van der Waals surface area contributed by atoms with Crippen LogP contribution in [0.2, 0.25) is 0 Å². The number of ether oxygens (including phenoxy) is 2. The molecule has 0 aromatic heterocycles. The molecule has 0 bridgehead atoms. The zero-order valence-electron chi connectivity index (χ0n) is 15.6. The maximum atomic E-state index is 11.5. The van der Waals surface area contributed by atoms with Gasteiger partial charge in [-0.3, -0.25) is 0 Å². The van der Waals surface area contributed by atoms with E-state index in [1.54, 1.807) is 0 Å². The smallest absolute Gasteiger partial charge is 0.338 e. The standard InChI is InChI=1S/C21H30O4/c1-5-15(2)12-10-13-16(3)11-8-6-7-9-14-17-21(4)19(25-21)18(22)20(23)24-17/h6-7,9-10,12-15,17-19,22H,5,8,11H2,1-4H3/b7-6+,12-10+,14-9+,16-13+. The number of cyclic esters (lactones) is 1. The molecule has 2 aliphatic heterocycles. The highest BCUT2D eigenvalue weighted by atomic mass is 16.7. The molecule has 2 rings (SSSR count). The molecule has 1 N–H and O–H groups in total. The van der Waals surface area contributed by atoms with Crippen molar-refractivity contribution in [3.63, 3.8) is 0 Å². The summed E-state index contributed by atoms with van der Waals surface area (Å²) in [6.07, 6.45) is 15.4. The Bertz CT molecular complexity index is 587. The van der Waals surface area contributed by atoms with Gasteiger partial charge < -0.3 is 14.6 Å². The molecule has 2 heterocycles. The van der Waals surface area contributed by atoms with Crippen LogP contribution >= 0.6 is 0 Å². The van der Waals surface area contributed by atoms with Crippen molar-refractivity contribution in [3.8, 4) is 0 Å². The number of hydrogen-bond donors (Lipinski definition) is 1. The lowest BCUT2D eigenvalue weighted by Gasteiger charge is -2.24. The second kappa shape index (κ2) is 8.63. The van der Waals surface area contributed by atoms with E-state index in [2.05, 4.69) is 45.1 Å². The minimum atomic E-state index is -1.16. The summed E-state index contributed by atoms with van der Waals surface area (Å²) >= 11 is 0. The molecule has 5 unspecified atom stereocenters. The quantitative estimate of drug-likeness (QED) is 0.412. The normalized spacial score (nSPS) is 33.9. The lowest BCUT2D eigenvalue weighted by atomic mass is 9.94. The predicted octanol–water partition coefficient (Wildman–Crippen LogP) is 3.87. The van der Waals surface area contributed by atoms with Crippen LogP contribution in [-0.2, 0) is 14.3 Å². The number of aliphatic hydroxyl groups is 1. The van der Waals surface area contributed by atoms with E-state index in [-0.39, 0.29) is 0 Å². The van der Waals surface area contributed by atoms with Crippen molar-refractivity contribution in [1.82, 2.24) is 0 Å². The highest BCUT2D eigenvalue weighted by Crippen LogP contribution is 2.46. The van der Waals surface area contributed by atoms with Crippen LogP contribution in [0.3, 0.4) is 0 Å². The molecule has 5 atom stereocenters. The topological polar surface area (TPSA) is 59.1 Å². The number of epoxide rings is 1. The highest BCUT2D eigenvalue weighted by molar-refractivity contribution is 5.78. The van der Waals surface area contributed by atoms with Crippen molar-refractivity contribution in [3.05, 3.63) is 48.1 Å². The Morgan fingerprint density at radius 2 is 2.12 bits per heavy atom. The van der Waals surface area contributed by atoms with E-state index >= 15 is 0 Å². The first kappa shape index (κ1) is 19.7. The molecule has 2 aliphatic rings. The lowest BCUT2D eigenvalue weighted by Crippen LogP contribution is -2.46. The zero-order valence-corrected chi connectivity index (χ0v) is 15.6. The maximum absolute atomic E-state index is 11.5. The molecule has 0 saturated carbocycles. The van der Waals surface area contributed by atoms with Crippen molar-refractivity contribution in [2.45, 2.75) is 70.9 Å². The van der Waals surface area contributed by atoms with Gasteiger partial charge in [0.2, 0.25) is 0 Å². The molecule has 0 aromatic carbocycles. The van der Waals surface area contributed by atoms with Crippen molar-refractivity contribution in [2.24, 2.45) is 5.92 Å².